The Morgan fingerprint density at radius 2 is 2.14 bits per heavy atom. The zero-order valence-corrected chi connectivity index (χ0v) is 9.89. The van der Waals surface area contributed by atoms with Crippen molar-refractivity contribution in [3.05, 3.63) is 11.6 Å². The number of allylic oxidation sites excluding steroid dienone is 2. The van der Waals surface area contributed by atoms with Crippen LogP contribution in [-0.4, -0.2) is 5.78 Å². The highest BCUT2D eigenvalue weighted by molar-refractivity contribution is 5.84. The molecule has 0 aromatic carbocycles. The van der Waals surface area contributed by atoms with Gasteiger partial charge in [-0.05, 0) is 32.1 Å². The van der Waals surface area contributed by atoms with Gasteiger partial charge in [0.25, 0.3) is 0 Å². The number of Topliss-reactive ketones (excluding diaryl/α,β-unsaturated/α-hetero) is 1. The van der Waals surface area contributed by atoms with E-state index in [2.05, 4.69) is 13.0 Å². The minimum absolute atomic E-state index is 0.167. The number of rotatable bonds is 2. The van der Waals surface area contributed by atoms with Crippen LogP contribution in [0, 0.1) is 11.3 Å². The maximum atomic E-state index is 11.8. The monoisotopic (exact) mass is 194 g/mol. The van der Waals surface area contributed by atoms with Crippen LogP contribution < -0.4 is 0 Å². The van der Waals surface area contributed by atoms with Gasteiger partial charge in [0.05, 0.1) is 0 Å². The summed E-state index contributed by atoms with van der Waals surface area (Å²) < 4.78 is 0. The highest BCUT2D eigenvalue weighted by Gasteiger charge is 2.24. The van der Waals surface area contributed by atoms with Crippen molar-refractivity contribution in [1.82, 2.24) is 0 Å². The smallest absolute Gasteiger partial charge is 0.138 e. The average Bonchev–Trinajstić information content (AvgIpc) is 2.02. The molecule has 0 bridgehead atoms. The molecule has 0 fully saturated rings. The first-order valence-corrected chi connectivity index (χ1v) is 5.60. The van der Waals surface area contributed by atoms with Crippen molar-refractivity contribution in [3.63, 3.8) is 0 Å². The highest BCUT2D eigenvalue weighted by Crippen LogP contribution is 2.28. The first-order chi connectivity index (χ1) is 6.39. The van der Waals surface area contributed by atoms with Crippen LogP contribution >= 0.6 is 0 Å². The zero-order chi connectivity index (χ0) is 10.8. The van der Waals surface area contributed by atoms with Crippen LogP contribution in [-0.2, 0) is 4.79 Å². The molecule has 1 aliphatic carbocycles. The van der Waals surface area contributed by atoms with Gasteiger partial charge in [0.15, 0.2) is 0 Å². The first-order valence-electron chi connectivity index (χ1n) is 5.60. The third-order valence-electron chi connectivity index (χ3n) is 2.95. The van der Waals surface area contributed by atoms with Crippen LogP contribution in [0.25, 0.3) is 0 Å². The molecule has 1 rings (SSSR count). The van der Waals surface area contributed by atoms with E-state index in [0.717, 1.165) is 6.42 Å². The maximum absolute atomic E-state index is 11.8. The third kappa shape index (κ3) is 3.28. The predicted molar refractivity (Wildman–Crippen MR) is 60.2 cm³/mol. The van der Waals surface area contributed by atoms with Gasteiger partial charge in [-0.2, -0.15) is 0 Å². The molecule has 0 spiro atoms. The van der Waals surface area contributed by atoms with Crippen molar-refractivity contribution in [3.8, 4) is 0 Å². The molecule has 14 heavy (non-hydrogen) atoms. The molecule has 80 valence electrons. The van der Waals surface area contributed by atoms with Crippen LogP contribution in [0.1, 0.15) is 53.4 Å². The molecule has 1 nitrogen and oxygen atoms in total. The number of hydrogen-bond donors (Lipinski definition) is 0. The largest absolute Gasteiger partial charge is 0.299 e. The summed E-state index contributed by atoms with van der Waals surface area (Å²) in [6.45, 7) is 8.20. The molecule has 1 aliphatic rings. The van der Waals surface area contributed by atoms with Crippen molar-refractivity contribution in [2.24, 2.45) is 11.3 Å². The van der Waals surface area contributed by atoms with Crippen LogP contribution in [0.3, 0.4) is 0 Å². The highest BCUT2D eigenvalue weighted by atomic mass is 16.1. The molecule has 0 N–H and O–H groups in total. The van der Waals surface area contributed by atoms with Crippen LogP contribution in [0.4, 0.5) is 0 Å². The number of carbonyl (C=O) groups is 1. The summed E-state index contributed by atoms with van der Waals surface area (Å²) in [5.74, 6) is 0.906. The molecule has 1 unspecified atom stereocenters. The predicted octanol–water partition coefficient (Wildman–Crippen LogP) is 3.74. The second-order valence-corrected chi connectivity index (χ2v) is 5.54. The Kier molecular flexibility index (Phi) is 3.52. The lowest BCUT2D eigenvalue weighted by Crippen LogP contribution is -2.23. The Morgan fingerprint density at radius 3 is 2.64 bits per heavy atom. The van der Waals surface area contributed by atoms with E-state index in [1.165, 1.54) is 24.8 Å². The summed E-state index contributed by atoms with van der Waals surface area (Å²) in [4.78, 5) is 11.8. The molecule has 0 saturated carbocycles. The fraction of sp³-hybridized carbons (Fsp3) is 0.769. The lowest BCUT2D eigenvalue weighted by atomic mass is 9.81. The number of carbonyl (C=O) groups excluding carboxylic acids is 1. The summed E-state index contributed by atoms with van der Waals surface area (Å²) in [6.07, 6.45) is 6.71. The Hall–Kier alpha value is -0.590. The van der Waals surface area contributed by atoms with E-state index >= 15 is 0 Å². The molecule has 0 saturated heterocycles. The zero-order valence-electron chi connectivity index (χ0n) is 9.89. The van der Waals surface area contributed by atoms with Crippen LogP contribution in [0.2, 0.25) is 0 Å². The van der Waals surface area contributed by atoms with E-state index in [0.29, 0.717) is 11.7 Å². The molecule has 0 aromatic rings. The van der Waals surface area contributed by atoms with Crippen LogP contribution in [0.5, 0.6) is 0 Å². The van der Waals surface area contributed by atoms with Crippen LogP contribution in [0.15, 0.2) is 11.6 Å². The van der Waals surface area contributed by atoms with Gasteiger partial charge < -0.3 is 0 Å². The molecular weight excluding hydrogens is 172 g/mol. The Balaban J connectivity index is 2.53. The maximum Gasteiger partial charge on any atom is 0.138 e. The Morgan fingerprint density at radius 1 is 1.50 bits per heavy atom. The quantitative estimate of drug-likeness (QED) is 0.612. The fourth-order valence-corrected chi connectivity index (χ4v) is 1.92. The lowest BCUT2D eigenvalue weighted by Gasteiger charge is -2.23. The molecular formula is C13H22O. The van der Waals surface area contributed by atoms with E-state index in [4.69, 9.17) is 0 Å². The number of hydrogen-bond acceptors (Lipinski definition) is 1. The Bertz CT molecular complexity index is 242. The summed E-state index contributed by atoms with van der Waals surface area (Å²) >= 11 is 0. The van der Waals surface area contributed by atoms with Crippen molar-refractivity contribution >= 4 is 5.78 Å². The average molecular weight is 194 g/mol. The van der Waals surface area contributed by atoms with Gasteiger partial charge >= 0.3 is 0 Å². The van der Waals surface area contributed by atoms with Crippen molar-refractivity contribution in [2.75, 3.05) is 0 Å². The summed E-state index contributed by atoms with van der Waals surface area (Å²) in [6, 6.07) is 0. The summed E-state index contributed by atoms with van der Waals surface area (Å²) in [5, 5.41) is 0. The van der Waals surface area contributed by atoms with Gasteiger partial charge in [-0.3, -0.25) is 4.79 Å². The van der Waals surface area contributed by atoms with Crippen molar-refractivity contribution in [2.45, 2.75) is 53.4 Å². The van der Waals surface area contributed by atoms with E-state index in [9.17, 15) is 4.79 Å². The summed E-state index contributed by atoms with van der Waals surface area (Å²) in [5.41, 5.74) is 1.29. The molecule has 0 heterocycles. The van der Waals surface area contributed by atoms with E-state index in [-0.39, 0.29) is 5.41 Å². The van der Waals surface area contributed by atoms with E-state index < -0.39 is 0 Å². The van der Waals surface area contributed by atoms with Gasteiger partial charge in [-0.1, -0.05) is 32.4 Å². The second-order valence-electron chi connectivity index (χ2n) is 5.54. The molecule has 0 aliphatic heterocycles. The van der Waals surface area contributed by atoms with Gasteiger partial charge in [-0.15, -0.1) is 0 Å². The van der Waals surface area contributed by atoms with Gasteiger partial charge in [0.1, 0.15) is 5.78 Å². The molecule has 0 amide bonds. The lowest BCUT2D eigenvalue weighted by molar-refractivity contribution is -0.127. The fourth-order valence-electron chi connectivity index (χ4n) is 1.92. The second kappa shape index (κ2) is 4.29. The molecule has 1 atom stereocenters. The number of ketones is 1. The third-order valence-corrected chi connectivity index (χ3v) is 2.95. The van der Waals surface area contributed by atoms with Crippen molar-refractivity contribution < 1.29 is 4.79 Å². The Labute approximate surface area is 87.6 Å². The molecule has 0 aromatic heterocycles. The minimum atomic E-state index is -0.167. The molecule has 1 heteroatoms. The summed E-state index contributed by atoms with van der Waals surface area (Å²) in [7, 11) is 0. The SMILES string of the molecule is CC1=CC(CC(=O)C(C)(C)C)CCC1. The first kappa shape index (κ1) is 11.5. The topological polar surface area (TPSA) is 17.1 Å². The van der Waals surface area contributed by atoms with Gasteiger partial charge in [-0.25, -0.2) is 0 Å². The minimum Gasteiger partial charge on any atom is -0.299 e. The van der Waals surface area contributed by atoms with E-state index in [1.54, 1.807) is 0 Å². The van der Waals surface area contributed by atoms with Crippen molar-refractivity contribution in [1.29, 1.82) is 0 Å². The van der Waals surface area contributed by atoms with Gasteiger partial charge in [0, 0.05) is 11.8 Å². The standard InChI is InChI=1S/C13H22O/c1-10-6-5-7-11(8-10)9-12(14)13(2,3)4/h8,11H,5-7,9H2,1-4H3. The normalized spacial score (nSPS) is 23.1. The van der Waals surface area contributed by atoms with Gasteiger partial charge in [0.2, 0.25) is 0 Å². The molecule has 0 radical (unpaired) electrons. The van der Waals surface area contributed by atoms with E-state index in [1.807, 2.05) is 20.8 Å².